The fourth-order valence-corrected chi connectivity index (χ4v) is 3.44. The first kappa shape index (κ1) is 18.0. The van der Waals surface area contributed by atoms with Crippen LogP contribution in [0.3, 0.4) is 0 Å². The van der Waals surface area contributed by atoms with Gasteiger partial charge < -0.3 is 14.6 Å². The number of aromatic amines is 1. The number of benzene rings is 1. The second-order valence-corrected chi connectivity index (χ2v) is 7.28. The van der Waals surface area contributed by atoms with Crippen LogP contribution < -0.4 is 16.0 Å². The number of amides is 1. The van der Waals surface area contributed by atoms with Crippen molar-refractivity contribution in [2.45, 2.75) is 32.4 Å². The quantitative estimate of drug-likeness (QED) is 0.896. The second-order valence-electron chi connectivity index (χ2n) is 7.28. The number of carbonyl (C=O) groups excluding carboxylic acids is 1. The van der Waals surface area contributed by atoms with Gasteiger partial charge in [0.25, 0.3) is 11.5 Å². The Labute approximate surface area is 151 Å². The number of aromatic nitrogens is 2. The fourth-order valence-electron chi connectivity index (χ4n) is 3.44. The lowest BCUT2D eigenvalue weighted by atomic mass is 9.63. The minimum Gasteiger partial charge on any atom is -0.490 e. The summed E-state index contributed by atoms with van der Waals surface area (Å²) in [6, 6.07) is 9.50. The molecule has 0 saturated heterocycles. The SMILES string of the molecule is CN(C(=O)c1c[nH]c(=O)n(C)c1=O)C1CC(Oc2ccccc2)C1(C)C. The van der Waals surface area contributed by atoms with Crippen molar-refractivity contribution in [3.05, 3.63) is 62.9 Å². The number of ether oxygens (including phenoxy) is 1. The molecule has 7 heteroatoms. The molecule has 0 spiro atoms. The number of carbonyl (C=O) groups is 1. The molecule has 1 aliphatic rings. The van der Waals surface area contributed by atoms with Gasteiger partial charge in [0.1, 0.15) is 17.4 Å². The lowest BCUT2D eigenvalue weighted by Gasteiger charge is -2.54. The Balaban J connectivity index is 1.76. The van der Waals surface area contributed by atoms with E-state index in [2.05, 4.69) is 4.98 Å². The Morgan fingerprint density at radius 1 is 1.27 bits per heavy atom. The van der Waals surface area contributed by atoms with Crippen molar-refractivity contribution < 1.29 is 9.53 Å². The predicted molar refractivity (Wildman–Crippen MR) is 97.4 cm³/mol. The average molecular weight is 357 g/mol. The molecule has 3 rings (SSSR count). The second kappa shape index (κ2) is 6.48. The molecule has 1 N–H and O–H groups in total. The first-order valence-electron chi connectivity index (χ1n) is 8.51. The van der Waals surface area contributed by atoms with Crippen LogP contribution >= 0.6 is 0 Å². The summed E-state index contributed by atoms with van der Waals surface area (Å²) in [4.78, 5) is 40.4. The van der Waals surface area contributed by atoms with E-state index < -0.39 is 17.2 Å². The Kier molecular flexibility index (Phi) is 4.48. The van der Waals surface area contributed by atoms with Crippen LogP contribution in [0.2, 0.25) is 0 Å². The van der Waals surface area contributed by atoms with Crippen molar-refractivity contribution in [1.29, 1.82) is 0 Å². The van der Waals surface area contributed by atoms with E-state index in [1.807, 2.05) is 44.2 Å². The summed E-state index contributed by atoms with van der Waals surface area (Å²) in [6.07, 6.45) is 1.84. The maximum atomic E-state index is 12.8. The molecule has 1 aromatic carbocycles. The normalized spacial score (nSPS) is 20.9. The van der Waals surface area contributed by atoms with E-state index in [4.69, 9.17) is 4.74 Å². The smallest absolute Gasteiger partial charge is 0.328 e. The number of rotatable bonds is 4. The Hall–Kier alpha value is -2.83. The first-order chi connectivity index (χ1) is 12.2. The van der Waals surface area contributed by atoms with Gasteiger partial charge in [-0.25, -0.2) is 4.79 Å². The van der Waals surface area contributed by atoms with Crippen LogP contribution in [0.5, 0.6) is 5.75 Å². The number of para-hydroxylation sites is 1. The van der Waals surface area contributed by atoms with Crippen LogP contribution in [0.25, 0.3) is 0 Å². The van der Waals surface area contributed by atoms with Gasteiger partial charge in [0.2, 0.25) is 0 Å². The molecule has 1 aromatic heterocycles. The van der Waals surface area contributed by atoms with Gasteiger partial charge in [-0.05, 0) is 12.1 Å². The van der Waals surface area contributed by atoms with Gasteiger partial charge in [-0.1, -0.05) is 32.0 Å². The highest BCUT2D eigenvalue weighted by molar-refractivity contribution is 5.93. The molecule has 0 bridgehead atoms. The number of hydrogen-bond donors (Lipinski definition) is 1. The third-order valence-electron chi connectivity index (χ3n) is 5.35. The zero-order chi connectivity index (χ0) is 19.1. The standard InChI is InChI=1S/C19H23N3O4/c1-19(2)14(10-15(19)26-12-8-6-5-7-9-12)21(3)16(23)13-11-20-18(25)22(4)17(13)24/h5-9,11,14-15H,10H2,1-4H3,(H,20,25). The van der Waals surface area contributed by atoms with Crippen molar-refractivity contribution in [2.75, 3.05) is 7.05 Å². The number of nitrogens with one attached hydrogen (secondary N) is 1. The highest BCUT2D eigenvalue weighted by Gasteiger charge is 2.53. The van der Waals surface area contributed by atoms with E-state index in [0.29, 0.717) is 6.42 Å². The molecule has 26 heavy (non-hydrogen) atoms. The van der Waals surface area contributed by atoms with Gasteiger partial charge in [-0.2, -0.15) is 0 Å². The summed E-state index contributed by atoms with van der Waals surface area (Å²) in [5.74, 6) is 0.394. The Bertz CT molecular complexity index is 930. The molecular weight excluding hydrogens is 334 g/mol. The van der Waals surface area contributed by atoms with Gasteiger partial charge in [0.05, 0.1) is 0 Å². The molecule has 2 aromatic rings. The summed E-state index contributed by atoms with van der Waals surface area (Å²) in [5, 5.41) is 0. The maximum absolute atomic E-state index is 12.8. The highest BCUT2D eigenvalue weighted by atomic mass is 16.5. The molecule has 0 aliphatic heterocycles. The van der Waals surface area contributed by atoms with E-state index in [1.165, 1.54) is 13.2 Å². The van der Waals surface area contributed by atoms with E-state index in [1.54, 1.807) is 11.9 Å². The lowest BCUT2D eigenvalue weighted by Crippen LogP contribution is -2.63. The van der Waals surface area contributed by atoms with E-state index >= 15 is 0 Å². The van der Waals surface area contributed by atoms with Crippen LogP contribution in [0.15, 0.2) is 46.1 Å². The number of hydrogen-bond acceptors (Lipinski definition) is 4. The topological polar surface area (TPSA) is 84.4 Å². The number of nitrogens with zero attached hydrogens (tertiary/aromatic N) is 2. The minimum absolute atomic E-state index is 0.0245. The molecule has 1 saturated carbocycles. The van der Waals surface area contributed by atoms with Gasteiger partial charge in [0, 0.05) is 38.2 Å². The summed E-state index contributed by atoms with van der Waals surface area (Å²) >= 11 is 0. The monoisotopic (exact) mass is 357 g/mol. The highest BCUT2D eigenvalue weighted by Crippen LogP contribution is 2.45. The summed E-state index contributed by atoms with van der Waals surface area (Å²) in [5.41, 5.74) is -1.46. The molecule has 0 radical (unpaired) electrons. The molecular formula is C19H23N3O4. The van der Waals surface area contributed by atoms with Crippen LogP contribution in [-0.4, -0.2) is 39.6 Å². The molecule has 2 atom stereocenters. The average Bonchev–Trinajstić information content (AvgIpc) is 2.63. The van der Waals surface area contributed by atoms with Gasteiger partial charge in [-0.3, -0.25) is 14.2 Å². The van der Waals surface area contributed by atoms with Crippen molar-refractivity contribution in [3.63, 3.8) is 0 Å². The van der Waals surface area contributed by atoms with Crippen LogP contribution in [-0.2, 0) is 7.05 Å². The third kappa shape index (κ3) is 2.94. The fraction of sp³-hybridized carbons (Fsp3) is 0.421. The van der Waals surface area contributed by atoms with Crippen LogP contribution in [0.1, 0.15) is 30.6 Å². The van der Waals surface area contributed by atoms with Crippen molar-refractivity contribution in [2.24, 2.45) is 12.5 Å². The molecule has 7 nitrogen and oxygen atoms in total. The van der Waals surface area contributed by atoms with Crippen molar-refractivity contribution in [1.82, 2.24) is 14.5 Å². The largest absolute Gasteiger partial charge is 0.490 e. The van der Waals surface area contributed by atoms with E-state index in [-0.39, 0.29) is 23.1 Å². The Morgan fingerprint density at radius 3 is 2.54 bits per heavy atom. The van der Waals surface area contributed by atoms with Crippen LogP contribution in [0.4, 0.5) is 0 Å². The molecule has 1 heterocycles. The third-order valence-corrected chi connectivity index (χ3v) is 5.35. The van der Waals surface area contributed by atoms with E-state index in [0.717, 1.165) is 10.3 Å². The minimum atomic E-state index is -0.597. The number of H-pyrrole nitrogens is 1. The van der Waals surface area contributed by atoms with Crippen molar-refractivity contribution in [3.8, 4) is 5.75 Å². The molecule has 138 valence electrons. The van der Waals surface area contributed by atoms with Gasteiger partial charge in [-0.15, -0.1) is 0 Å². The molecule has 2 unspecified atom stereocenters. The molecule has 1 aliphatic carbocycles. The summed E-state index contributed by atoms with van der Waals surface area (Å²) in [6.45, 7) is 4.09. The zero-order valence-electron chi connectivity index (χ0n) is 15.4. The van der Waals surface area contributed by atoms with E-state index in [9.17, 15) is 14.4 Å². The summed E-state index contributed by atoms with van der Waals surface area (Å²) < 4.78 is 6.94. The maximum Gasteiger partial charge on any atom is 0.328 e. The first-order valence-corrected chi connectivity index (χ1v) is 8.51. The van der Waals surface area contributed by atoms with Gasteiger partial charge >= 0.3 is 5.69 Å². The van der Waals surface area contributed by atoms with Crippen LogP contribution in [0, 0.1) is 5.41 Å². The Morgan fingerprint density at radius 2 is 1.92 bits per heavy atom. The van der Waals surface area contributed by atoms with Crippen molar-refractivity contribution >= 4 is 5.91 Å². The molecule has 1 amide bonds. The molecule has 1 fully saturated rings. The lowest BCUT2D eigenvalue weighted by molar-refractivity contribution is -0.0887. The summed E-state index contributed by atoms with van der Waals surface area (Å²) in [7, 11) is 3.02. The zero-order valence-corrected chi connectivity index (χ0v) is 15.4. The van der Waals surface area contributed by atoms with Gasteiger partial charge in [0.15, 0.2) is 0 Å². The predicted octanol–water partition coefficient (Wildman–Crippen LogP) is 1.39.